The third-order valence-electron chi connectivity index (χ3n) is 3.47. The van der Waals surface area contributed by atoms with Gasteiger partial charge >= 0.3 is 0 Å². The van der Waals surface area contributed by atoms with Gasteiger partial charge in [0.05, 0.1) is 12.2 Å². The Morgan fingerprint density at radius 3 is 2.79 bits per heavy atom. The van der Waals surface area contributed by atoms with Crippen LogP contribution in [0.15, 0.2) is 0 Å². The molecule has 82 valence electrons. The summed E-state index contributed by atoms with van der Waals surface area (Å²) in [6, 6.07) is 0. The number of likely N-dealkylation sites (tertiary alicyclic amines) is 1. The van der Waals surface area contributed by atoms with Crippen LogP contribution in [0.4, 0.5) is 0 Å². The zero-order chi connectivity index (χ0) is 9.86. The zero-order valence-electron chi connectivity index (χ0n) is 8.87. The first-order valence-electron chi connectivity index (χ1n) is 5.82. The van der Waals surface area contributed by atoms with Gasteiger partial charge in [-0.05, 0) is 38.6 Å². The van der Waals surface area contributed by atoms with Gasteiger partial charge in [0.25, 0.3) is 0 Å². The van der Waals surface area contributed by atoms with Crippen LogP contribution in [0, 0.1) is 0 Å². The lowest BCUT2D eigenvalue weighted by Gasteiger charge is -2.44. The number of aliphatic hydroxyl groups excluding tert-OH is 1. The van der Waals surface area contributed by atoms with E-state index in [0.29, 0.717) is 0 Å². The number of piperidine rings is 1. The molecule has 2 saturated heterocycles. The molecule has 0 saturated carbocycles. The van der Waals surface area contributed by atoms with Gasteiger partial charge in [-0.25, -0.2) is 0 Å². The van der Waals surface area contributed by atoms with E-state index in [4.69, 9.17) is 9.84 Å². The largest absolute Gasteiger partial charge is 0.395 e. The number of hydrogen-bond acceptors (Lipinski definition) is 3. The molecular weight excluding hydrogens is 178 g/mol. The molecule has 2 aliphatic heterocycles. The standard InChI is InChI=1S/C11H21NO2/c13-8-7-12-6-3-5-11(10-12)4-1-2-9-14-11/h13H,1-10H2. The first-order valence-corrected chi connectivity index (χ1v) is 5.82. The highest BCUT2D eigenvalue weighted by molar-refractivity contribution is 4.90. The van der Waals surface area contributed by atoms with E-state index >= 15 is 0 Å². The Balaban J connectivity index is 1.91. The van der Waals surface area contributed by atoms with Crippen LogP contribution in [0.1, 0.15) is 32.1 Å². The van der Waals surface area contributed by atoms with Gasteiger partial charge in [0, 0.05) is 19.7 Å². The first kappa shape index (κ1) is 10.4. The minimum Gasteiger partial charge on any atom is -0.395 e. The highest BCUT2D eigenvalue weighted by atomic mass is 16.5. The molecule has 0 aromatic carbocycles. The summed E-state index contributed by atoms with van der Waals surface area (Å²) in [6.07, 6.45) is 6.19. The minimum atomic E-state index is 0.145. The summed E-state index contributed by atoms with van der Waals surface area (Å²) in [5.74, 6) is 0. The summed E-state index contributed by atoms with van der Waals surface area (Å²) in [5.41, 5.74) is 0.145. The Hall–Kier alpha value is -0.120. The van der Waals surface area contributed by atoms with Crippen LogP contribution >= 0.6 is 0 Å². The fourth-order valence-corrected chi connectivity index (χ4v) is 2.75. The summed E-state index contributed by atoms with van der Waals surface area (Å²) >= 11 is 0. The molecule has 0 aromatic rings. The average Bonchev–Trinajstić information content (AvgIpc) is 2.19. The van der Waals surface area contributed by atoms with E-state index in [1.165, 1.54) is 32.1 Å². The molecule has 2 aliphatic rings. The summed E-state index contributed by atoms with van der Waals surface area (Å²) < 4.78 is 5.96. The molecule has 0 aromatic heterocycles. The molecule has 3 heteroatoms. The second-order valence-electron chi connectivity index (χ2n) is 4.59. The van der Waals surface area contributed by atoms with Crippen molar-refractivity contribution in [1.82, 2.24) is 4.90 Å². The Kier molecular flexibility index (Phi) is 3.42. The maximum absolute atomic E-state index is 8.92. The number of hydrogen-bond donors (Lipinski definition) is 1. The topological polar surface area (TPSA) is 32.7 Å². The van der Waals surface area contributed by atoms with Gasteiger partial charge in [-0.1, -0.05) is 0 Å². The number of rotatable bonds is 2. The molecule has 1 unspecified atom stereocenters. The van der Waals surface area contributed by atoms with Crippen molar-refractivity contribution in [1.29, 1.82) is 0 Å². The number of ether oxygens (including phenoxy) is 1. The van der Waals surface area contributed by atoms with Crippen molar-refractivity contribution in [2.75, 3.05) is 32.8 Å². The molecule has 0 bridgehead atoms. The molecule has 2 rings (SSSR count). The van der Waals surface area contributed by atoms with E-state index in [0.717, 1.165) is 26.2 Å². The van der Waals surface area contributed by atoms with E-state index in [1.54, 1.807) is 0 Å². The summed E-state index contributed by atoms with van der Waals surface area (Å²) in [5, 5.41) is 8.92. The van der Waals surface area contributed by atoms with Crippen molar-refractivity contribution in [2.45, 2.75) is 37.7 Å². The molecule has 2 heterocycles. The highest BCUT2D eigenvalue weighted by Gasteiger charge is 2.37. The molecule has 0 aliphatic carbocycles. The average molecular weight is 199 g/mol. The second-order valence-corrected chi connectivity index (χ2v) is 4.59. The smallest absolute Gasteiger partial charge is 0.0809 e. The maximum atomic E-state index is 8.92. The number of nitrogens with zero attached hydrogens (tertiary/aromatic N) is 1. The van der Waals surface area contributed by atoms with Gasteiger partial charge in [-0.15, -0.1) is 0 Å². The summed E-state index contributed by atoms with van der Waals surface area (Å²) in [4.78, 5) is 2.34. The third-order valence-corrected chi connectivity index (χ3v) is 3.47. The molecule has 3 nitrogen and oxygen atoms in total. The lowest BCUT2D eigenvalue weighted by Crippen LogP contribution is -2.51. The zero-order valence-corrected chi connectivity index (χ0v) is 8.87. The van der Waals surface area contributed by atoms with Crippen molar-refractivity contribution < 1.29 is 9.84 Å². The van der Waals surface area contributed by atoms with Crippen LogP contribution in [0.2, 0.25) is 0 Å². The van der Waals surface area contributed by atoms with Crippen molar-refractivity contribution >= 4 is 0 Å². The Morgan fingerprint density at radius 1 is 1.21 bits per heavy atom. The van der Waals surface area contributed by atoms with Crippen LogP contribution in [0.3, 0.4) is 0 Å². The van der Waals surface area contributed by atoms with E-state index in [9.17, 15) is 0 Å². The van der Waals surface area contributed by atoms with Gasteiger partial charge in [0.1, 0.15) is 0 Å². The van der Waals surface area contributed by atoms with Crippen molar-refractivity contribution in [3.8, 4) is 0 Å². The summed E-state index contributed by atoms with van der Waals surface area (Å²) in [6.45, 7) is 4.19. The van der Waals surface area contributed by atoms with Gasteiger partial charge in [0.2, 0.25) is 0 Å². The molecule has 1 N–H and O–H groups in total. The molecule has 1 atom stereocenters. The molecule has 2 fully saturated rings. The van der Waals surface area contributed by atoms with E-state index in [1.807, 2.05) is 0 Å². The van der Waals surface area contributed by atoms with Crippen molar-refractivity contribution in [3.63, 3.8) is 0 Å². The van der Waals surface area contributed by atoms with Crippen LogP contribution in [0.25, 0.3) is 0 Å². The normalized spacial score (nSPS) is 34.9. The fraction of sp³-hybridized carbons (Fsp3) is 1.00. The predicted octanol–water partition coefficient (Wildman–Crippen LogP) is 1.01. The molecule has 1 spiro atoms. The van der Waals surface area contributed by atoms with Gasteiger partial charge in [-0.3, -0.25) is 4.90 Å². The predicted molar refractivity (Wildman–Crippen MR) is 55.3 cm³/mol. The van der Waals surface area contributed by atoms with E-state index < -0.39 is 0 Å². The van der Waals surface area contributed by atoms with Gasteiger partial charge < -0.3 is 9.84 Å². The monoisotopic (exact) mass is 199 g/mol. The SMILES string of the molecule is OCCN1CCCC2(CCCCO2)C1. The Morgan fingerprint density at radius 2 is 2.07 bits per heavy atom. The molecular formula is C11H21NO2. The minimum absolute atomic E-state index is 0.145. The quantitative estimate of drug-likeness (QED) is 0.720. The highest BCUT2D eigenvalue weighted by Crippen LogP contribution is 2.33. The van der Waals surface area contributed by atoms with Crippen LogP contribution < -0.4 is 0 Å². The lowest BCUT2D eigenvalue weighted by molar-refractivity contribution is -0.117. The lowest BCUT2D eigenvalue weighted by atomic mass is 9.86. The van der Waals surface area contributed by atoms with Crippen LogP contribution in [-0.2, 0) is 4.74 Å². The van der Waals surface area contributed by atoms with Gasteiger partial charge in [0.15, 0.2) is 0 Å². The molecule has 14 heavy (non-hydrogen) atoms. The summed E-state index contributed by atoms with van der Waals surface area (Å²) in [7, 11) is 0. The van der Waals surface area contributed by atoms with Crippen molar-refractivity contribution in [2.24, 2.45) is 0 Å². The first-order chi connectivity index (χ1) is 6.85. The van der Waals surface area contributed by atoms with Gasteiger partial charge in [-0.2, -0.15) is 0 Å². The van der Waals surface area contributed by atoms with E-state index in [-0.39, 0.29) is 12.2 Å². The van der Waals surface area contributed by atoms with Crippen molar-refractivity contribution in [3.05, 3.63) is 0 Å². The maximum Gasteiger partial charge on any atom is 0.0809 e. The fourth-order valence-electron chi connectivity index (χ4n) is 2.75. The Labute approximate surface area is 86.0 Å². The molecule has 0 amide bonds. The molecule has 0 radical (unpaired) electrons. The van der Waals surface area contributed by atoms with Crippen LogP contribution in [0.5, 0.6) is 0 Å². The number of β-amino-alcohol motifs (C(OH)–C–C–N with tert-alkyl or cyclic N) is 1. The number of aliphatic hydroxyl groups is 1. The van der Waals surface area contributed by atoms with E-state index in [2.05, 4.69) is 4.90 Å². The second kappa shape index (κ2) is 4.60. The third kappa shape index (κ3) is 2.27. The van der Waals surface area contributed by atoms with Crippen LogP contribution in [-0.4, -0.2) is 48.5 Å². The Bertz CT molecular complexity index is 171.